The lowest BCUT2D eigenvalue weighted by Crippen LogP contribution is -2.29. The van der Waals surface area contributed by atoms with Gasteiger partial charge in [0.1, 0.15) is 0 Å². The second kappa shape index (κ2) is 6.45. The Bertz CT molecular complexity index is 549. The molecule has 0 radical (unpaired) electrons. The van der Waals surface area contributed by atoms with E-state index < -0.39 is 24.2 Å². The van der Waals surface area contributed by atoms with Crippen LogP contribution in [0.4, 0.5) is 4.39 Å². The van der Waals surface area contributed by atoms with Gasteiger partial charge in [0.05, 0.1) is 12.5 Å². The lowest BCUT2D eigenvalue weighted by molar-refractivity contribution is -0.139. The predicted molar refractivity (Wildman–Crippen MR) is 75.4 cm³/mol. The molecule has 0 aliphatic rings. The molecule has 0 aliphatic heterocycles. The van der Waals surface area contributed by atoms with Crippen molar-refractivity contribution < 1.29 is 19.4 Å². The van der Waals surface area contributed by atoms with E-state index in [1.807, 2.05) is 0 Å². The van der Waals surface area contributed by atoms with E-state index in [0.717, 1.165) is 0 Å². The summed E-state index contributed by atoms with van der Waals surface area (Å²) < 4.78 is 15.6. The van der Waals surface area contributed by atoms with Gasteiger partial charge in [-0.2, -0.15) is 0 Å². The molecule has 0 saturated heterocycles. The summed E-state index contributed by atoms with van der Waals surface area (Å²) in [5.41, 5.74) is -1.33. The lowest BCUT2D eigenvalue weighted by atomic mass is 9.83. The van der Waals surface area contributed by atoms with Gasteiger partial charge >= 0.3 is 5.97 Å². The Kier molecular flexibility index (Phi) is 4.65. The van der Waals surface area contributed by atoms with Gasteiger partial charge in [-0.3, -0.25) is 9.78 Å². The molecule has 2 unspecified atom stereocenters. The maximum atomic E-state index is 15.6. The molecule has 0 aliphatic carbocycles. The Morgan fingerprint density at radius 1 is 1.19 bits per heavy atom. The van der Waals surface area contributed by atoms with E-state index in [1.165, 1.54) is 12.4 Å². The SMILES string of the molecule is O=C(O)CC(O)CC(F)(c1ccccc1)c1cccnc1. The first-order valence-electron chi connectivity index (χ1n) is 6.57. The van der Waals surface area contributed by atoms with Crippen molar-refractivity contribution in [1.82, 2.24) is 4.98 Å². The highest BCUT2D eigenvalue weighted by Crippen LogP contribution is 2.38. The summed E-state index contributed by atoms with van der Waals surface area (Å²) in [7, 11) is 0. The minimum absolute atomic E-state index is 0.292. The Morgan fingerprint density at radius 3 is 2.43 bits per heavy atom. The van der Waals surface area contributed by atoms with Gasteiger partial charge in [-0.05, 0) is 11.6 Å². The first-order valence-corrected chi connectivity index (χ1v) is 6.57. The van der Waals surface area contributed by atoms with Gasteiger partial charge in [0.25, 0.3) is 0 Å². The third kappa shape index (κ3) is 3.64. The number of aliphatic hydroxyl groups is 1. The molecule has 2 rings (SSSR count). The summed E-state index contributed by atoms with van der Waals surface area (Å²) in [4.78, 5) is 14.6. The highest BCUT2D eigenvalue weighted by Gasteiger charge is 2.37. The third-order valence-electron chi connectivity index (χ3n) is 3.28. The molecule has 2 aromatic rings. The van der Waals surface area contributed by atoms with Crippen molar-refractivity contribution in [3.63, 3.8) is 0 Å². The van der Waals surface area contributed by atoms with E-state index in [9.17, 15) is 9.90 Å². The van der Waals surface area contributed by atoms with Crippen LogP contribution in [0, 0.1) is 0 Å². The molecule has 2 N–H and O–H groups in total. The van der Waals surface area contributed by atoms with Crippen LogP contribution in [0.1, 0.15) is 24.0 Å². The van der Waals surface area contributed by atoms with Crippen molar-refractivity contribution >= 4 is 5.97 Å². The first kappa shape index (κ1) is 15.1. The number of nitrogens with zero attached hydrogens (tertiary/aromatic N) is 1. The van der Waals surface area contributed by atoms with Gasteiger partial charge in [-0.1, -0.05) is 36.4 Å². The fourth-order valence-corrected chi connectivity index (χ4v) is 2.30. The molecule has 1 aromatic carbocycles. The largest absolute Gasteiger partial charge is 0.481 e. The minimum Gasteiger partial charge on any atom is -0.481 e. The predicted octanol–water partition coefficient (Wildman–Crippen LogP) is 2.52. The van der Waals surface area contributed by atoms with Gasteiger partial charge in [-0.15, -0.1) is 0 Å². The molecule has 1 heterocycles. The summed E-state index contributed by atoms with van der Waals surface area (Å²) in [6.07, 6.45) is 0.796. The number of aliphatic hydroxyl groups excluding tert-OH is 1. The van der Waals surface area contributed by atoms with Crippen LogP contribution in [-0.2, 0) is 10.5 Å². The molecular weight excluding hydrogens is 273 g/mol. The number of aromatic nitrogens is 1. The average Bonchev–Trinajstić information content (AvgIpc) is 2.48. The third-order valence-corrected chi connectivity index (χ3v) is 3.28. The van der Waals surface area contributed by atoms with E-state index in [-0.39, 0.29) is 6.42 Å². The molecule has 21 heavy (non-hydrogen) atoms. The van der Waals surface area contributed by atoms with Crippen LogP contribution in [-0.4, -0.2) is 27.3 Å². The van der Waals surface area contributed by atoms with Crippen molar-refractivity contribution in [3.8, 4) is 0 Å². The molecule has 0 bridgehead atoms. The number of alkyl halides is 1. The first-order chi connectivity index (χ1) is 10.0. The summed E-state index contributed by atoms with van der Waals surface area (Å²) in [5, 5.41) is 18.6. The van der Waals surface area contributed by atoms with E-state index in [2.05, 4.69) is 4.98 Å². The number of halogens is 1. The molecule has 0 fully saturated rings. The molecule has 4 nitrogen and oxygen atoms in total. The molecular formula is C16H16FNO3. The maximum absolute atomic E-state index is 15.6. The topological polar surface area (TPSA) is 70.4 Å². The zero-order valence-corrected chi connectivity index (χ0v) is 11.3. The van der Waals surface area contributed by atoms with Gasteiger partial charge < -0.3 is 10.2 Å². The number of hydrogen-bond acceptors (Lipinski definition) is 3. The maximum Gasteiger partial charge on any atom is 0.305 e. The van der Waals surface area contributed by atoms with Crippen molar-refractivity contribution in [2.45, 2.75) is 24.6 Å². The molecule has 2 atom stereocenters. The highest BCUT2D eigenvalue weighted by molar-refractivity contribution is 5.67. The second-order valence-corrected chi connectivity index (χ2v) is 4.86. The van der Waals surface area contributed by atoms with Crippen LogP contribution < -0.4 is 0 Å². The lowest BCUT2D eigenvalue weighted by Gasteiger charge is -2.28. The van der Waals surface area contributed by atoms with E-state index in [0.29, 0.717) is 11.1 Å². The van der Waals surface area contributed by atoms with Gasteiger partial charge in [0, 0.05) is 24.4 Å². The van der Waals surface area contributed by atoms with Crippen LogP contribution >= 0.6 is 0 Å². The minimum atomic E-state index is -1.98. The van der Waals surface area contributed by atoms with E-state index in [1.54, 1.807) is 42.5 Å². The van der Waals surface area contributed by atoms with Gasteiger partial charge in [0.2, 0.25) is 0 Å². The van der Waals surface area contributed by atoms with Crippen LogP contribution in [0.3, 0.4) is 0 Å². The van der Waals surface area contributed by atoms with Crippen LogP contribution in [0.5, 0.6) is 0 Å². The van der Waals surface area contributed by atoms with Crippen molar-refractivity contribution in [2.75, 3.05) is 0 Å². The standard InChI is InChI=1S/C16H16FNO3/c17-16(10-14(19)9-15(20)21,12-5-2-1-3-6-12)13-7-4-8-18-11-13/h1-8,11,14,19H,9-10H2,(H,20,21). The van der Waals surface area contributed by atoms with Crippen molar-refractivity contribution in [1.29, 1.82) is 0 Å². The second-order valence-electron chi connectivity index (χ2n) is 4.86. The number of carboxylic acid groups (broad SMARTS) is 1. The van der Waals surface area contributed by atoms with E-state index in [4.69, 9.17) is 5.11 Å². The number of hydrogen-bond donors (Lipinski definition) is 2. The monoisotopic (exact) mass is 289 g/mol. The molecule has 1 aromatic heterocycles. The number of carbonyl (C=O) groups is 1. The summed E-state index contributed by atoms with van der Waals surface area (Å²) in [6, 6.07) is 11.6. The molecule has 0 amide bonds. The Labute approximate surface area is 121 Å². The van der Waals surface area contributed by atoms with E-state index >= 15 is 4.39 Å². The van der Waals surface area contributed by atoms with Crippen molar-refractivity contribution in [3.05, 3.63) is 66.0 Å². The zero-order valence-electron chi connectivity index (χ0n) is 11.3. The summed E-state index contributed by atoms with van der Waals surface area (Å²) >= 11 is 0. The summed E-state index contributed by atoms with van der Waals surface area (Å²) in [6.45, 7) is 0. The fourth-order valence-electron chi connectivity index (χ4n) is 2.30. The quantitative estimate of drug-likeness (QED) is 0.857. The normalized spacial score (nSPS) is 15.1. The number of rotatable bonds is 6. The van der Waals surface area contributed by atoms with Gasteiger partial charge in [-0.25, -0.2) is 4.39 Å². The Morgan fingerprint density at radius 2 is 1.86 bits per heavy atom. The number of carboxylic acids is 1. The number of pyridine rings is 1. The highest BCUT2D eigenvalue weighted by atomic mass is 19.1. The zero-order chi connectivity index (χ0) is 15.3. The number of benzene rings is 1. The van der Waals surface area contributed by atoms with Crippen LogP contribution in [0.2, 0.25) is 0 Å². The van der Waals surface area contributed by atoms with Gasteiger partial charge in [0.15, 0.2) is 5.67 Å². The molecule has 0 saturated carbocycles. The van der Waals surface area contributed by atoms with Crippen LogP contribution in [0.25, 0.3) is 0 Å². The Hall–Kier alpha value is -2.27. The number of aliphatic carboxylic acids is 1. The average molecular weight is 289 g/mol. The van der Waals surface area contributed by atoms with Crippen LogP contribution in [0.15, 0.2) is 54.9 Å². The molecule has 0 spiro atoms. The Balaban J connectivity index is 2.38. The summed E-state index contributed by atoms with van der Waals surface area (Å²) in [5.74, 6) is -1.16. The molecule has 5 heteroatoms. The smallest absolute Gasteiger partial charge is 0.305 e. The van der Waals surface area contributed by atoms with Crippen molar-refractivity contribution in [2.24, 2.45) is 0 Å². The fraction of sp³-hybridized carbons (Fsp3) is 0.250. The molecule has 110 valence electrons.